The summed E-state index contributed by atoms with van der Waals surface area (Å²) in [5.41, 5.74) is 20.5. The summed E-state index contributed by atoms with van der Waals surface area (Å²) in [7, 11) is 0. The minimum absolute atomic E-state index is 0.0183. The molecule has 0 aliphatic rings. The van der Waals surface area contributed by atoms with E-state index in [0.29, 0.717) is 30.6 Å². The van der Waals surface area contributed by atoms with Gasteiger partial charge in [0.1, 0.15) is 36.0 Å². The number of H-pyrrole nitrogens is 2. The first-order valence-electron chi connectivity index (χ1n) is 19.9. The molecular formula is C43H53N11O7. The van der Waals surface area contributed by atoms with Crippen molar-refractivity contribution in [3.8, 4) is 5.75 Å². The van der Waals surface area contributed by atoms with Gasteiger partial charge in [-0.1, -0.05) is 60.7 Å². The predicted molar refractivity (Wildman–Crippen MR) is 227 cm³/mol. The lowest BCUT2D eigenvalue weighted by atomic mass is 10.0. The van der Waals surface area contributed by atoms with Crippen LogP contribution in [0.4, 0.5) is 0 Å². The highest BCUT2D eigenvalue weighted by Crippen LogP contribution is 2.21. The average molecular weight is 836 g/mol. The highest BCUT2D eigenvalue weighted by atomic mass is 16.3. The SMILES string of the molecule is C[C@H](NC(=O)[C@@H](Cc1c[nH]c2ccccc12)NC(=O)[C@@H](N)Cc1cnc[nH]1)C(=O)NC(C(=O)N[C@H](Cc1ccccc1)C(=O)N[C@@H](CCCCN)C(N)=O)c1ccc(O)cc1. The molecule has 2 heterocycles. The third-order valence-corrected chi connectivity index (χ3v) is 10.1. The first kappa shape index (κ1) is 45.0. The van der Waals surface area contributed by atoms with E-state index >= 15 is 0 Å². The maximum Gasteiger partial charge on any atom is 0.247 e. The van der Waals surface area contributed by atoms with Gasteiger partial charge in [-0.15, -0.1) is 0 Å². The van der Waals surface area contributed by atoms with Crippen LogP contribution < -0.4 is 43.8 Å². The molecule has 3 aromatic carbocycles. The predicted octanol–water partition coefficient (Wildman–Crippen LogP) is 0.383. The van der Waals surface area contributed by atoms with Gasteiger partial charge in [-0.05, 0) is 67.6 Å². The smallest absolute Gasteiger partial charge is 0.247 e. The normalized spacial score (nSPS) is 14.1. The Labute approximate surface area is 352 Å². The van der Waals surface area contributed by atoms with Gasteiger partial charge in [0.2, 0.25) is 35.4 Å². The molecule has 0 spiro atoms. The Kier molecular flexibility index (Phi) is 16.1. The molecule has 61 heavy (non-hydrogen) atoms. The second-order valence-electron chi connectivity index (χ2n) is 14.8. The largest absolute Gasteiger partial charge is 0.508 e. The molecule has 0 saturated carbocycles. The van der Waals surface area contributed by atoms with Crippen LogP contribution in [-0.4, -0.2) is 92.3 Å². The lowest BCUT2D eigenvalue weighted by molar-refractivity contribution is -0.135. The molecule has 14 N–H and O–H groups in total. The van der Waals surface area contributed by atoms with Crippen LogP contribution in [0.1, 0.15) is 54.6 Å². The Balaban J connectivity index is 1.34. The summed E-state index contributed by atoms with van der Waals surface area (Å²) in [6.45, 7) is 1.80. The van der Waals surface area contributed by atoms with Crippen LogP contribution in [0.15, 0.2) is 97.6 Å². The van der Waals surface area contributed by atoms with Gasteiger partial charge >= 0.3 is 0 Å². The first-order chi connectivity index (χ1) is 29.3. The third kappa shape index (κ3) is 13.0. The number of hydrogen-bond acceptors (Lipinski definition) is 10. The van der Waals surface area contributed by atoms with Gasteiger partial charge in [0.15, 0.2) is 0 Å². The van der Waals surface area contributed by atoms with E-state index in [1.807, 2.05) is 24.3 Å². The van der Waals surface area contributed by atoms with E-state index in [4.69, 9.17) is 17.2 Å². The number of primary amides is 1. The first-order valence-corrected chi connectivity index (χ1v) is 19.9. The molecule has 6 amide bonds. The molecule has 6 atom stereocenters. The third-order valence-electron chi connectivity index (χ3n) is 10.1. The summed E-state index contributed by atoms with van der Waals surface area (Å²) in [6, 6.07) is 14.7. The highest BCUT2D eigenvalue weighted by Gasteiger charge is 2.33. The fourth-order valence-corrected chi connectivity index (χ4v) is 6.71. The van der Waals surface area contributed by atoms with Crippen molar-refractivity contribution in [3.05, 3.63) is 120 Å². The number of unbranched alkanes of at least 4 members (excludes halogenated alkanes) is 1. The monoisotopic (exact) mass is 835 g/mol. The van der Waals surface area contributed by atoms with Crippen molar-refractivity contribution in [3.63, 3.8) is 0 Å². The van der Waals surface area contributed by atoms with E-state index < -0.39 is 71.7 Å². The lowest BCUT2D eigenvalue weighted by Gasteiger charge is -2.26. The number of carbonyl (C=O) groups excluding carboxylic acids is 6. The van der Waals surface area contributed by atoms with Crippen molar-refractivity contribution in [2.75, 3.05) is 6.54 Å². The number of aromatic amines is 2. The summed E-state index contributed by atoms with van der Waals surface area (Å²) < 4.78 is 0. The fraction of sp³-hybridized carbons (Fsp3) is 0.326. The Hall–Kier alpha value is -7.05. The molecule has 322 valence electrons. The Morgan fingerprint density at radius 3 is 2.05 bits per heavy atom. The maximum absolute atomic E-state index is 14.2. The number of fused-ring (bicyclic) bond motifs is 1. The molecule has 0 fully saturated rings. The van der Waals surface area contributed by atoms with Gasteiger partial charge in [0.05, 0.1) is 12.4 Å². The number of rotatable bonds is 22. The summed E-state index contributed by atoms with van der Waals surface area (Å²) >= 11 is 0. The highest BCUT2D eigenvalue weighted by molar-refractivity contribution is 5.97. The molecule has 0 saturated heterocycles. The number of aromatic nitrogens is 3. The minimum Gasteiger partial charge on any atom is -0.508 e. The van der Waals surface area contributed by atoms with E-state index in [1.165, 1.54) is 37.5 Å². The van der Waals surface area contributed by atoms with Crippen LogP contribution in [0.3, 0.4) is 0 Å². The van der Waals surface area contributed by atoms with E-state index in [0.717, 1.165) is 16.5 Å². The lowest BCUT2D eigenvalue weighted by Crippen LogP contribution is -2.57. The molecule has 18 heteroatoms. The van der Waals surface area contributed by atoms with Crippen molar-refractivity contribution in [2.45, 2.75) is 81.7 Å². The van der Waals surface area contributed by atoms with Gasteiger partial charge in [-0.25, -0.2) is 4.98 Å². The molecule has 2 aromatic heterocycles. The van der Waals surface area contributed by atoms with Crippen LogP contribution in [0.25, 0.3) is 10.9 Å². The molecule has 0 radical (unpaired) electrons. The quantitative estimate of drug-likeness (QED) is 0.0426. The van der Waals surface area contributed by atoms with Gasteiger partial charge in [0.25, 0.3) is 0 Å². The Morgan fingerprint density at radius 2 is 1.36 bits per heavy atom. The van der Waals surface area contributed by atoms with E-state index in [2.05, 4.69) is 41.5 Å². The number of nitrogens with two attached hydrogens (primary N) is 3. The standard InChI is InChI=1S/C43H53N11O7/c1-25(50-41(59)36(20-28-22-48-33-12-6-5-11-31(28)33)52-40(58)32(45)21-29-23-47-24-49-29)39(57)54-37(27-14-16-30(55)17-15-27)43(61)53-35(19-26-9-3-2-4-10-26)42(60)51-34(38(46)56)13-7-8-18-44/h2-6,9-12,14-17,22-25,32,34-37,48,55H,7-8,13,18-21,44-45H2,1H3,(H2,46,56)(H,47,49)(H,50,59)(H,51,60)(H,52,58)(H,53,61)(H,54,57)/t25-,32-,34-,35+,36+,37?/m0/s1. The zero-order valence-electron chi connectivity index (χ0n) is 33.7. The van der Waals surface area contributed by atoms with Crippen molar-refractivity contribution in [1.82, 2.24) is 41.5 Å². The zero-order chi connectivity index (χ0) is 43.9. The molecule has 0 bridgehead atoms. The molecule has 5 rings (SSSR count). The molecule has 18 nitrogen and oxygen atoms in total. The van der Waals surface area contributed by atoms with E-state index in [-0.39, 0.29) is 37.0 Å². The van der Waals surface area contributed by atoms with Crippen molar-refractivity contribution < 1.29 is 33.9 Å². The fourth-order valence-electron chi connectivity index (χ4n) is 6.71. The molecule has 0 aliphatic heterocycles. The van der Waals surface area contributed by atoms with Gasteiger partial charge < -0.3 is 58.9 Å². The Bertz CT molecular complexity index is 2250. The van der Waals surface area contributed by atoms with Crippen LogP contribution in [0.2, 0.25) is 0 Å². The number of benzene rings is 3. The van der Waals surface area contributed by atoms with Crippen molar-refractivity contribution in [1.29, 1.82) is 0 Å². The molecule has 0 aliphatic carbocycles. The zero-order valence-corrected chi connectivity index (χ0v) is 33.7. The number of aromatic hydroxyl groups is 1. The van der Waals surface area contributed by atoms with E-state index in [1.54, 1.807) is 42.7 Å². The molecular weight excluding hydrogens is 783 g/mol. The van der Waals surface area contributed by atoms with Crippen LogP contribution in [0, 0.1) is 0 Å². The van der Waals surface area contributed by atoms with Crippen LogP contribution >= 0.6 is 0 Å². The van der Waals surface area contributed by atoms with Crippen LogP contribution in [0.5, 0.6) is 5.75 Å². The number of hydrogen-bond donors (Lipinski definition) is 11. The number of nitrogens with zero attached hydrogens (tertiary/aromatic N) is 1. The Morgan fingerprint density at radius 1 is 0.705 bits per heavy atom. The van der Waals surface area contributed by atoms with Gasteiger partial charge in [0, 0.05) is 48.3 Å². The number of carbonyl (C=O) groups is 6. The number of nitrogens with one attached hydrogen (secondary N) is 7. The molecule has 1 unspecified atom stereocenters. The van der Waals surface area contributed by atoms with Crippen molar-refractivity contribution >= 4 is 46.3 Å². The number of amides is 6. The van der Waals surface area contributed by atoms with E-state index in [9.17, 15) is 33.9 Å². The number of para-hydroxylation sites is 1. The summed E-state index contributed by atoms with van der Waals surface area (Å²) in [4.78, 5) is 91.5. The maximum atomic E-state index is 14.2. The molecule has 5 aromatic rings. The van der Waals surface area contributed by atoms with Crippen LogP contribution in [-0.2, 0) is 48.0 Å². The minimum atomic E-state index is -1.43. The summed E-state index contributed by atoms with van der Waals surface area (Å²) in [6.07, 6.45) is 6.30. The second-order valence-corrected chi connectivity index (χ2v) is 14.8. The average Bonchev–Trinajstić information content (AvgIpc) is 3.92. The number of imidazole rings is 1. The summed E-state index contributed by atoms with van der Waals surface area (Å²) in [5.74, 6) is -4.43. The topological polar surface area (TPSA) is 305 Å². The summed E-state index contributed by atoms with van der Waals surface area (Å²) in [5, 5.41) is 24.3. The number of phenolic OH excluding ortho intramolecular Hbond substituents is 1. The van der Waals surface area contributed by atoms with Gasteiger partial charge in [-0.3, -0.25) is 28.8 Å². The second kappa shape index (κ2) is 21.8. The van der Waals surface area contributed by atoms with Crippen molar-refractivity contribution in [2.24, 2.45) is 17.2 Å². The van der Waals surface area contributed by atoms with Gasteiger partial charge in [-0.2, -0.15) is 0 Å². The number of phenols is 1.